The maximum atomic E-state index is 17.6. The van der Waals surface area contributed by atoms with Crippen molar-refractivity contribution in [1.29, 1.82) is 0 Å². The van der Waals surface area contributed by atoms with Crippen molar-refractivity contribution >= 4 is 148 Å². The Bertz CT molecular complexity index is 6290. The molecule has 8 nitrogen and oxygen atoms in total. The monoisotopic (exact) mass is 1630 g/mol. The summed E-state index contributed by atoms with van der Waals surface area (Å²) < 4.78 is 35.3. The van der Waals surface area contributed by atoms with E-state index in [2.05, 4.69) is 445 Å². The van der Waals surface area contributed by atoms with E-state index < -0.39 is 25.1 Å². The zero-order valence-electron chi connectivity index (χ0n) is 69.1. The minimum Gasteiger partial charge on any atom is -0.310 e. The van der Waals surface area contributed by atoms with Crippen LogP contribution in [0.5, 0.6) is 0 Å². The maximum absolute atomic E-state index is 17.6. The van der Waals surface area contributed by atoms with E-state index in [1.54, 1.807) is 0 Å². The summed E-state index contributed by atoms with van der Waals surface area (Å²) in [5.74, 6) is 0. The molecule has 0 bridgehead atoms. The van der Waals surface area contributed by atoms with Crippen LogP contribution in [0.1, 0.15) is 49.9 Å². The Hall–Kier alpha value is -14.8. The zero-order valence-corrected chi connectivity index (χ0v) is 70.9. The average molecular weight is 1630 g/mol. The van der Waals surface area contributed by atoms with Gasteiger partial charge in [-0.05, 0) is 263 Å². The Morgan fingerprint density at radius 1 is 0.202 bits per heavy atom. The fourth-order valence-corrected chi connectivity index (χ4v) is 26.2. The van der Waals surface area contributed by atoms with Crippen LogP contribution in [0, 0.1) is 0 Å². The van der Waals surface area contributed by atoms with Gasteiger partial charge in [0.05, 0.1) is 22.7 Å². The van der Waals surface area contributed by atoms with Gasteiger partial charge in [0.25, 0.3) is 0 Å². The molecule has 22 rings (SSSR count). The van der Waals surface area contributed by atoms with E-state index in [0.29, 0.717) is 21.2 Å². The molecular formula is C114H86N6O2P2. The Morgan fingerprint density at radius 2 is 0.395 bits per heavy atom. The highest BCUT2D eigenvalue weighted by molar-refractivity contribution is 7.90. The Balaban J connectivity index is 0.670. The Labute approximate surface area is 725 Å². The zero-order chi connectivity index (χ0) is 83.4. The molecule has 0 aliphatic carbocycles. The molecule has 0 unspecified atom stereocenters. The molecular weight excluding hydrogens is 1550 g/mol. The number of nitrogens with zero attached hydrogens (tertiary/aromatic N) is 6. The molecule has 0 N–H and O–H groups in total. The van der Waals surface area contributed by atoms with E-state index in [4.69, 9.17) is 0 Å². The third-order valence-corrected chi connectivity index (χ3v) is 31.9. The number of rotatable bonds is 18. The normalized spacial score (nSPS) is 14.1. The molecule has 0 atom stereocenters. The van der Waals surface area contributed by atoms with Crippen LogP contribution in [0.25, 0.3) is 33.4 Å². The Morgan fingerprint density at radius 3 is 0.597 bits per heavy atom. The average Bonchev–Trinajstić information content (AvgIpc) is 1.49. The molecule has 0 amide bonds. The predicted molar refractivity (Wildman–Crippen MR) is 521 cm³/mol. The van der Waals surface area contributed by atoms with E-state index in [1.807, 2.05) is 60.7 Å². The lowest BCUT2D eigenvalue weighted by Crippen LogP contribution is -2.31. The molecule has 4 heterocycles. The van der Waals surface area contributed by atoms with Crippen molar-refractivity contribution in [3.05, 3.63) is 471 Å². The third kappa shape index (κ3) is 12.3. The van der Waals surface area contributed by atoms with Crippen molar-refractivity contribution in [3.8, 4) is 33.4 Å². The molecule has 0 fully saturated rings. The van der Waals surface area contributed by atoms with Crippen LogP contribution >= 0.6 is 14.3 Å². The standard InChI is InChI=1S/C114H86N6O2P2/c1-113(2)99-75-93(115(83-35-15-5-16-36-83)84-37-17-6-18-38-84)63-67-103(99)119(104-68-64-94(76-100(104)113)116(85-39-19-7-20-40-85)86-41-21-8-22-42-86)91-59-55-79(56-60-91)81-71-107-111-108(72-81)124(122,98-53-33-14-34-54-98)110-74-82(73-109(112(110)111)123(107,121)97-51-31-13-32-52-97)80-57-61-92(62-58-80)120-105-69-65-95(117(87-43-23-9-24-44-87)88-45-25-10-26-46-88)77-101(105)114(3,4)102-78-96(66-70-106(102)120)118(89-47-27-11-28-48-89)90-49-29-12-30-50-90/h5-78H,1-4H3. The second-order valence-electron chi connectivity index (χ2n) is 33.5. The van der Waals surface area contributed by atoms with Crippen molar-refractivity contribution in [2.75, 3.05) is 29.4 Å². The highest BCUT2D eigenvalue weighted by atomic mass is 31.2. The summed E-state index contributed by atoms with van der Waals surface area (Å²) in [5, 5.41) is 4.31. The van der Waals surface area contributed by atoms with Crippen LogP contribution in [-0.2, 0) is 20.0 Å². The maximum Gasteiger partial charge on any atom is 0.172 e. The van der Waals surface area contributed by atoms with E-state index in [1.165, 1.54) is 22.3 Å². The molecule has 0 aromatic heterocycles. The van der Waals surface area contributed by atoms with Gasteiger partial charge in [-0.3, -0.25) is 0 Å². The number of anilines is 18. The van der Waals surface area contributed by atoms with Gasteiger partial charge in [0.2, 0.25) is 0 Å². The quantitative estimate of drug-likeness (QED) is 0.0788. The number of hydrogen-bond acceptors (Lipinski definition) is 8. The molecule has 18 aromatic rings. The fourth-order valence-electron chi connectivity index (χ4n) is 19.7. The predicted octanol–water partition coefficient (Wildman–Crippen LogP) is 28.7. The molecule has 4 aliphatic rings. The molecule has 0 saturated heterocycles. The molecule has 18 aromatic carbocycles. The second-order valence-corrected chi connectivity index (χ2v) is 38.9. The van der Waals surface area contributed by atoms with E-state index in [0.717, 1.165) is 146 Å². The van der Waals surface area contributed by atoms with Crippen molar-refractivity contribution in [1.82, 2.24) is 0 Å². The number of para-hydroxylation sites is 8. The third-order valence-electron chi connectivity index (χ3n) is 25.7. The first kappa shape index (κ1) is 75.4. The van der Waals surface area contributed by atoms with Crippen LogP contribution < -0.4 is 61.2 Å². The van der Waals surface area contributed by atoms with Gasteiger partial charge in [0.15, 0.2) is 14.3 Å². The van der Waals surface area contributed by atoms with Gasteiger partial charge in [0, 0.05) is 133 Å². The SMILES string of the molecule is CC1(C)c2cc(N(c3ccccc3)c3ccccc3)ccc2N(c2ccc(-c3cc4c5c(c3)P(=O)(c3ccccc3)c3cc(-c6ccc(N7c8ccc(N(c9ccccc9)c9ccccc9)cc8C(C)(C)c8cc(N(c9ccccc9)c9ccccc9)ccc87)cc6)cc(c3-5)P4(=O)c3ccccc3)cc2)c2ccc(N(c3ccccc3)c3ccccc3)cc21. The van der Waals surface area contributed by atoms with Gasteiger partial charge < -0.3 is 38.5 Å². The van der Waals surface area contributed by atoms with Gasteiger partial charge in [-0.15, -0.1) is 0 Å². The summed E-state index contributed by atoms with van der Waals surface area (Å²) >= 11 is 0. The van der Waals surface area contributed by atoms with Gasteiger partial charge in [0.1, 0.15) is 0 Å². The molecule has 4 aliphatic heterocycles. The largest absolute Gasteiger partial charge is 0.310 e. The molecule has 0 radical (unpaired) electrons. The second kappa shape index (κ2) is 30.1. The van der Waals surface area contributed by atoms with Crippen molar-refractivity contribution in [2.24, 2.45) is 0 Å². The van der Waals surface area contributed by atoms with Crippen LogP contribution in [0.3, 0.4) is 0 Å². The van der Waals surface area contributed by atoms with Gasteiger partial charge >= 0.3 is 0 Å². The highest BCUT2D eigenvalue weighted by Gasteiger charge is 2.53. The summed E-state index contributed by atoms with van der Waals surface area (Å²) in [7, 11) is -7.44. The summed E-state index contributed by atoms with van der Waals surface area (Å²) in [6.07, 6.45) is 0. The van der Waals surface area contributed by atoms with Crippen molar-refractivity contribution in [3.63, 3.8) is 0 Å². The lowest BCUT2D eigenvalue weighted by atomic mass is 9.73. The Kier molecular flexibility index (Phi) is 18.3. The number of hydrogen-bond donors (Lipinski definition) is 0. The molecule has 0 saturated carbocycles. The molecule has 10 heteroatoms. The van der Waals surface area contributed by atoms with Crippen LogP contribution in [0.2, 0.25) is 0 Å². The van der Waals surface area contributed by atoms with Crippen LogP contribution in [0.4, 0.5) is 102 Å². The lowest BCUT2D eigenvalue weighted by molar-refractivity contribution is 0.592. The lowest BCUT2D eigenvalue weighted by Gasteiger charge is -2.43. The molecule has 0 spiro atoms. The van der Waals surface area contributed by atoms with Gasteiger partial charge in [-0.1, -0.05) is 258 Å². The minimum absolute atomic E-state index is 0.504. The van der Waals surface area contributed by atoms with E-state index in [-0.39, 0.29) is 0 Å². The van der Waals surface area contributed by atoms with Crippen LogP contribution in [-0.4, -0.2) is 0 Å². The summed E-state index contributed by atoms with van der Waals surface area (Å²) in [6, 6.07) is 159. The first-order chi connectivity index (χ1) is 60.8. The number of benzene rings is 18. The van der Waals surface area contributed by atoms with E-state index >= 15 is 9.13 Å². The van der Waals surface area contributed by atoms with Gasteiger partial charge in [-0.25, -0.2) is 0 Å². The first-order valence-electron chi connectivity index (χ1n) is 42.5. The summed E-state index contributed by atoms with van der Waals surface area (Å²) in [5.41, 5.74) is 27.8. The minimum atomic E-state index is -3.72. The summed E-state index contributed by atoms with van der Waals surface area (Å²) in [4.78, 5) is 14.2. The van der Waals surface area contributed by atoms with Gasteiger partial charge in [-0.2, -0.15) is 0 Å². The molecule has 124 heavy (non-hydrogen) atoms. The summed E-state index contributed by atoms with van der Waals surface area (Å²) in [6.45, 7) is 9.45. The smallest absolute Gasteiger partial charge is 0.172 e. The van der Waals surface area contributed by atoms with Crippen LogP contribution in [0.15, 0.2) is 449 Å². The topological polar surface area (TPSA) is 53.6 Å². The number of fused-ring (bicyclic) bond motifs is 4. The van der Waals surface area contributed by atoms with Crippen molar-refractivity contribution < 1.29 is 9.13 Å². The van der Waals surface area contributed by atoms with Crippen molar-refractivity contribution in [2.45, 2.75) is 38.5 Å². The highest BCUT2D eigenvalue weighted by Crippen LogP contribution is 2.64. The first-order valence-corrected chi connectivity index (χ1v) is 45.9. The van der Waals surface area contributed by atoms with E-state index in [9.17, 15) is 0 Å². The molecule has 594 valence electrons. The fraction of sp³-hybridized carbons (Fsp3) is 0.0526.